The van der Waals surface area contributed by atoms with Gasteiger partial charge in [0.2, 0.25) is 5.91 Å². The van der Waals surface area contributed by atoms with Crippen LogP contribution in [0.15, 0.2) is 71.7 Å². The standard InChI is InChI=1S/C22H19FN4O2/c23-18-7-3-1-6-17(18)20-9-10-22(29)27(26-20)14-21(28)24-12-11-15-13-25-19-8-4-2-5-16(15)19/h1-10,13,25H,11-12,14H2,(H,24,28). The van der Waals surface area contributed by atoms with Gasteiger partial charge in [-0.2, -0.15) is 5.10 Å². The molecule has 2 aromatic heterocycles. The molecule has 2 aromatic carbocycles. The number of carbonyl (C=O) groups is 1. The normalized spacial score (nSPS) is 10.9. The maximum atomic E-state index is 14.0. The number of fused-ring (bicyclic) bond motifs is 1. The molecule has 2 N–H and O–H groups in total. The molecule has 0 spiro atoms. The van der Waals surface area contributed by atoms with Crippen molar-refractivity contribution in [2.45, 2.75) is 13.0 Å². The molecule has 0 aliphatic carbocycles. The van der Waals surface area contributed by atoms with Crippen LogP contribution >= 0.6 is 0 Å². The van der Waals surface area contributed by atoms with Crippen molar-refractivity contribution in [3.63, 3.8) is 0 Å². The zero-order chi connectivity index (χ0) is 20.2. The first-order chi connectivity index (χ1) is 14.1. The average Bonchev–Trinajstić information content (AvgIpc) is 3.13. The molecule has 4 rings (SSSR count). The lowest BCUT2D eigenvalue weighted by Crippen LogP contribution is -2.34. The fraction of sp³-hybridized carbons (Fsp3) is 0.136. The molecule has 0 aliphatic heterocycles. The van der Waals surface area contributed by atoms with Crippen LogP contribution in [-0.2, 0) is 17.8 Å². The molecule has 0 fully saturated rings. The van der Waals surface area contributed by atoms with E-state index in [0.717, 1.165) is 21.1 Å². The van der Waals surface area contributed by atoms with E-state index in [0.29, 0.717) is 18.7 Å². The van der Waals surface area contributed by atoms with E-state index in [1.54, 1.807) is 18.2 Å². The molecule has 0 saturated carbocycles. The lowest BCUT2D eigenvalue weighted by atomic mass is 10.1. The summed E-state index contributed by atoms with van der Waals surface area (Å²) in [6.07, 6.45) is 2.59. The Morgan fingerprint density at radius 3 is 2.72 bits per heavy atom. The number of hydrogen-bond acceptors (Lipinski definition) is 3. The zero-order valence-electron chi connectivity index (χ0n) is 15.6. The zero-order valence-corrected chi connectivity index (χ0v) is 15.6. The number of amides is 1. The summed E-state index contributed by atoms with van der Waals surface area (Å²) >= 11 is 0. The number of nitrogens with zero attached hydrogens (tertiary/aromatic N) is 2. The molecule has 7 heteroatoms. The smallest absolute Gasteiger partial charge is 0.267 e. The van der Waals surface area contributed by atoms with Gasteiger partial charge in [-0.1, -0.05) is 30.3 Å². The van der Waals surface area contributed by atoms with Gasteiger partial charge < -0.3 is 10.3 Å². The van der Waals surface area contributed by atoms with Crippen LogP contribution in [0.25, 0.3) is 22.2 Å². The minimum atomic E-state index is -0.437. The molecule has 0 atom stereocenters. The van der Waals surface area contributed by atoms with E-state index in [2.05, 4.69) is 15.4 Å². The van der Waals surface area contributed by atoms with Gasteiger partial charge in [0.1, 0.15) is 12.4 Å². The topological polar surface area (TPSA) is 79.8 Å². The molecule has 2 heterocycles. The van der Waals surface area contributed by atoms with Crippen molar-refractivity contribution in [1.29, 1.82) is 0 Å². The highest BCUT2D eigenvalue weighted by molar-refractivity contribution is 5.83. The van der Waals surface area contributed by atoms with E-state index in [9.17, 15) is 14.0 Å². The third kappa shape index (κ3) is 4.08. The predicted molar refractivity (Wildman–Crippen MR) is 109 cm³/mol. The Kier molecular flexibility index (Phi) is 5.20. The van der Waals surface area contributed by atoms with Gasteiger partial charge >= 0.3 is 0 Å². The molecule has 146 valence electrons. The Hall–Kier alpha value is -3.74. The summed E-state index contributed by atoms with van der Waals surface area (Å²) in [6, 6.07) is 16.9. The molecule has 0 unspecified atom stereocenters. The third-order valence-corrected chi connectivity index (χ3v) is 4.70. The number of halogens is 1. The number of aromatic amines is 1. The number of hydrogen-bond donors (Lipinski definition) is 2. The first-order valence-corrected chi connectivity index (χ1v) is 9.26. The minimum absolute atomic E-state index is 0.227. The van der Waals surface area contributed by atoms with Gasteiger partial charge in [-0.25, -0.2) is 9.07 Å². The number of benzene rings is 2. The third-order valence-electron chi connectivity index (χ3n) is 4.70. The van der Waals surface area contributed by atoms with Crippen LogP contribution in [0.5, 0.6) is 0 Å². The molecule has 6 nitrogen and oxygen atoms in total. The number of nitrogens with one attached hydrogen (secondary N) is 2. The summed E-state index contributed by atoms with van der Waals surface area (Å²) in [5.74, 6) is -0.765. The quantitative estimate of drug-likeness (QED) is 0.531. The molecule has 4 aromatic rings. The molecule has 0 saturated heterocycles. The van der Waals surface area contributed by atoms with E-state index in [4.69, 9.17) is 0 Å². The first kappa shape index (κ1) is 18.6. The molecule has 0 radical (unpaired) electrons. The molecule has 1 amide bonds. The highest BCUT2D eigenvalue weighted by Gasteiger charge is 2.11. The molecule has 29 heavy (non-hydrogen) atoms. The molecule has 0 aliphatic rings. The summed E-state index contributed by atoms with van der Waals surface area (Å²) in [4.78, 5) is 27.5. The Morgan fingerprint density at radius 1 is 1.07 bits per heavy atom. The Balaban J connectivity index is 1.41. The summed E-state index contributed by atoms with van der Waals surface area (Å²) in [6.45, 7) is 0.206. The summed E-state index contributed by atoms with van der Waals surface area (Å²) in [7, 11) is 0. The Bertz CT molecular complexity index is 1230. The van der Waals surface area contributed by atoms with Crippen LogP contribution in [0, 0.1) is 5.82 Å². The maximum absolute atomic E-state index is 14.0. The van der Waals surface area contributed by atoms with Gasteiger partial charge in [0, 0.05) is 35.3 Å². The van der Waals surface area contributed by atoms with Crippen LogP contribution in [0.2, 0.25) is 0 Å². The molecular weight excluding hydrogens is 371 g/mol. The lowest BCUT2D eigenvalue weighted by Gasteiger charge is -2.08. The van der Waals surface area contributed by atoms with Crippen LogP contribution in [0.4, 0.5) is 4.39 Å². The van der Waals surface area contributed by atoms with E-state index >= 15 is 0 Å². The lowest BCUT2D eigenvalue weighted by molar-refractivity contribution is -0.121. The second-order valence-corrected chi connectivity index (χ2v) is 6.65. The predicted octanol–water partition coefficient (Wildman–Crippen LogP) is 2.89. The van der Waals surface area contributed by atoms with Gasteiger partial charge in [-0.05, 0) is 36.2 Å². The minimum Gasteiger partial charge on any atom is -0.361 e. The van der Waals surface area contributed by atoms with Gasteiger partial charge in [0.05, 0.1) is 5.69 Å². The maximum Gasteiger partial charge on any atom is 0.267 e. The van der Waals surface area contributed by atoms with Gasteiger partial charge in [-0.3, -0.25) is 9.59 Å². The van der Waals surface area contributed by atoms with Gasteiger partial charge in [0.25, 0.3) is 5.56 Å². The summed E-state index contributed by atoms with van der Waals surface area (Å²) in [5.41, 5.74) is 2.32. The number of rotatable bonds is 6. The molecule has 0 bridgehead atoms. The van der Waals surface area contributed by atoms with Gasteiger partial charge in [0.15, 0.2) is 0 Å². The summed E-state index contributed by atoms with van der Waals surface area (Å²) in [5, 5.41) is 8.07. The SMILES string of the molecule is O=C(Cn1nc(-c2ccccc2F)ccc1=O)NCCc1c[nH]c2ccccc12. The monoisotopic (exact) mass is 390 g/mol. The van der Waals surface area contributed by atoms with Crippen molar-refractivity contribution in [1.82, 2.24) is 20.1 Å². The number of carbonyl (C=O) groups excluding carboxylic acids is 1. The van der Waals surface area contributed by atoms with Crippen molar-refractivity contribution in [2.24, 2.45) is 0 Å². The molecular formula is C22H19FN4O2. The first-order valence-electron chi connectivity index (χ1n) is 9.26. The van der Waals surface area contributed by atoms with Crippen LogP contribution in [0.1, 0.15) is 5.56 Å². The highest BCUT2D eigenvalue weighted by Crippen LogP contribution is 2.19. The van der Waals surface area contributed by atoms with Crippen molar-refractivity contribution in [2.75, 3.05) is 6.54 Å². The average molecular weight is 390 g/mol. The number of H-pyrrole nitrogens is 1. The summed E-state index contributed by atoms with van der Waals surface area (Å²) < 4.78 is 15.0. The van der Waals surface area contributed by atoms with Crippen molar-refractivity contribution in [3.05, 3.63) is 88.6 Å². The van der Waals surface area contributed by atoms with Gasteiger partial charge in [-0.15, -0.1) is 0 Å². The fourth-order valence-electron chi connectivity index (χ4n) is 3.24. The van der Waals surface area contributed by atoms with Crippen molar-refractivity contribution in [3.8, 4) is 11.3 Å². The fourth-order valence-corrected chi connectivity index (χ4v) is 3.24. The van der Waals surface area contributed by atoms with Crippen molar-refractivity contribution < 1.29 is 9.18 Å². The number of aromatic nitrogens is 3. The second kappa shape index (κ2) is 8.10. The van der Waals surface area contributed by atoms with E-state index in [1.165, 1.54) is 18.2 Å². The Morgan fingerprint density at radius 2 is 1.86 bits per heavy atom. The van der Waals surface area contributed by atoms with Crippen LogP contribution < -0.4 is 10.9 Å². The highest BCUT2D eigenvalue weighted by atomic mass is 19.1. The van der Waals surface area contributed by atoms with Crippen molar-refractivity contribution >= 4 is 16.8 Å². The van der Waals surface area contributed by atoms with E-state index in [-0.39, 0.29) is 18.0 Å². The van der Waals surface area contributed by atoms with E-state index < -0.39 is 11.4 Å². The second-order valence-electron chi connectivity index (χ2n) is 6.65. The Labute approximate surface area is 166 Å². The largest absolute Gasteiger partial charge is 0.361 e. The van der Waals surface area contributed by atoms with Crippen LogP contribution in [-0.4, -0.2) is 27.2 Å². The van der Waals surface area contributed by atoms with Crippen LogP contribution in [0.3, 0.4) is 0 Å². The van der Waals surface area contributed by atoms with E-state index in [1.807, 2.05) is 30.5 Å². The number of para-hydroxylation sites is 1.